The summed E-state index contributed by atoms with van der Waals surface area (Å²) in [7, 11) is 0. The van der Waals surface area contributed by atoms with E-state index < -0.39 is 11.6 Å². The maximum absolute atomic E-state index is 13.6. The number of hydrogen-bond donors (Lipinski definition) is 2. The fraction of sp³-hybridized carbons (Fsp3) is 0.200. The smallest absolute Gasteiger partial charge is 0.129 e. The molecule has 1 atom stereocenters. The van der Waals surface area contributed by atoms with Gasteiger partial charge in [-0.1, -0.05) is 29.8 Å². The van der Waals surface area contributed by atoms with Crippen molar-refractivity contribution in [3.63, 3.8) is 0 Å². The van der Waals surface area contributed by atoms with Crippen LogP contribution in [0, 0.1) is 11.6 Å². The first-order chi connectivity index (χ1) is 9.58. The van der Waals surface area contributed by atoms with Crippen molar-refractivity contribution in [3.8, 4) is 0 Å². The summed E-state index contributed by atoms with van der Waals surface area (Å²) in [5, 5.41) is 0.663. The van der Waals surface area contributed by atoms with Crippen molar-refractivity contribution >= 4 is 11.6 Å². The topological polar surface area (TPSA) is 38.0 Å². The Balaban J connectivity index is 2.07. The van der Waals surface area contributed by atoms with Gasteiger partial charge in [0.1, 0.15) is 11.6 Å². The molecule has 0 bridgehead atoms. The number of hydrazine groups is 1. The minimum Gasteiger partial charge on any atom is -0.271 e. The normalized spacial score (nSPS) is 12.4. The lowest BCUT2D eigenvalue weighted by molar-refractivity contribution is 0.502. The average molecular weight is 297 g/mol. The quantitative estimate of drug-likeness (QED) is 0.657. The third-order valence-electron chi connectivity index (χ3n) is 3.11. The molecule has 0 fully saturated rings. The van der Waals surface area contributed by atoms with Crippen LogP contribution >= 0.6 is 11.6 Å². The van der Waals surface area contributed by atoms with E-state index >= 15 is 0 Å². The number of nitrogens with two attached hydrogens (primary N) is 1. The minimum atomic E-state index is -0.582. The highest BCUT2D eigenvalue weighted by atomic mass is 35.5. The second-order valence-electron chi connectivity index (χ2n) is 4.63. The second-order valence-corrected chi connectivity index (χ2v) is 5.07. The Morgan fingerprint density at radius 2 is 1.75 bits per heavy atom. The molecule has 0 heterocycles. The molecule has 2 aromatic rings. The Bertz CT molecular complexity index is 573. The van der Waals surface area contributed by atoms with Gasteiger partial charge in [-0.2, -0.15) is 0 Å². The molecule has 0 aliphatic heterocycles. The van der Waals surface area contributed by atoms with Crippen LogP contribution in [-0.4, -0.2) is 6.04 Å². The predicted octanol–water partition coefficient (Wildman–Crippen LogP) is 3.24. The molecule has 2 nitrogen and oxygen atoms in total. The van der Waals surface area contributed by atoms with Crippen LogP contribution in [0.4, 0.5) is 8.78 Å². The summed E-state index contributed by atoms with van der Waals surface area (Å²) in [5.41, 5.74) is 4.14. The van der Waals surface area contributed by atoms with E-state index in [1.807, 2.05) is 12.1 Å². The summed E-state index contributed by atoms with van der Waals surface area (Å²) in [6.45, 7) is 0. The number of hydrogen-bond acceptors (Lipinski definition) is 2. The molecule has 0 aliphatic rings. The highest BCUT2D eigenvalue weighted by Crippen LogP contribution is 2.15. The van der Waals surface area contributed by atoms with E-state index in [1.165, 1.54) is 12.1 Å². The highest BCUT2D eigenvalue weighted by molar-refractivity contribution is 6.30. The van der Waals surface area contributed by atoms with Crippen LogP contribution in [0.5, 0.6) is 0 Å². The lowest BCUT2D eigenvalue weighted by Gasteiger charge is -2.16. The predicted molar refractivity (Wildman–Crippen MR) is 76.3 cm³/mol. The zero-order valence-electron chi connectivity index (χ0n) is 10.7. The van der Waals surface area contributed by atoms with Crippen LogP contribution in [0.15, 0.2) is 42.5 Å². The first kappa shape index (κ1) is 14.9. The Morgan fingerprint density at radius 1 is 1.05 bits per heavy atom. The molecule has 1 unspecified atom stereocenters. The molecule has 0 saturated carbocycles. The van der Waals surface area contributed by atoms with Crippen molar-refractivity contribution in [2.24, 2.45) is 5.84 Å². The van der Waals surface area contributed by atoms with Gasteiger partial charge in [-0.25, -0.2) is 8.78 Å². The fourth-order valence-electron chi connectivity index (χ4n) is 2.05. The minimum absolute atomic E-state index is 0.142. The molecule has 0 aliphatic carbocycles. The van der Waals surface area contributed by atoms with Gasteiger partial charge in [0.05, 0.1) is 0 Å². The van der Waals surface area contributed by atoms with E-state index in [-0.39, 0.29) is 6.04 Å². The van der Waals surface area contributed by atoms with Crippen molar-refractivity contribution in [2.45, 2.75) is 18.9 Å². The van der Waals surface area contributed by atoms with E-state index in [0.717, 1.165) is 11.6 Å². The Hall–Kier alpha value is -1.49. The van der Waals surface area contributed by atoms with Crippen LogP contribution in [0.2, 0.25) is 5.02 Å². The molecular formula is C15H15ClF2N2. The molecule has 0 radical (unpaired) electrons. The maximum atomic E-state index is 13.6. The molecular weight excluding hydrogens is 282 g/mol. The molecule has 0 amide bonds. The van der Waals surface area contributed by atoms with Crippen molar-refractivity contribution in [3.05, 3.63) is 70.2 Å². The second kappa shape index (κ2) is 6.79. The van der Waals surface area contributed by atoms with Crippen LogP contribution in [0.25, 0.3) is 0 Å². The van der Waals surface area contributed by atoms with E-state index in [9.17, 15) is 8.78 Å². The Labute approximate surface area is 121 Å². The zero-order chi connectivity index (χ0) is 14.5. The van der Waals surface area contributed by atoms with Crippen LogP contribution < -0.4 is 11.3 Å². The monoisotopic (exact) mass is 296 g/mol. The lowest BCUT2D eigenvalue weighted by Crippen LogP contribution is -2.38. The van der Waals surface area contributed by atoms with Gasteiger partial charge in [0, 0.05) is 17.1 Å². The summed E-state index contributed by atoms with van der Waals surface area (Å²) in [5.74, 6) is 4.37. The van der Waals surface area contributed by atoms with Crippen molar-refractivity contribution < 1.29 is 8.78 Å². The summed E-state index contributed by atoms with van der Waals surface area (Å²) < 4.78 is 26.5. The van der Waals surface area contributed by atoms with Gasteiger partial charge in [0.15, 0.2) is 0 Å². The first-order valence-electron chi connectivity index (χ1n) is 6.23. The van der Waals surface area contributed by atoms with Crippen LogP contribution in [0.3, 0.4) is 0 Å². The standard InChI is InChI=1S/C15H15ClF2N2/c16-12-4-1-10(2-5-12)7-14(20-19)8-11-3-6-13(17)9-15(11)18/h1-6,9,14,20H,7-8,19H2. The number of nitrogens with one attached hydrogen (secondary N) is 1. The molecule has 2 aromatic carbocycles. The number of benzene rings is 2. The lowest BCUT2D eigenvalue weighted by atomic mass is 9.99. The first-order valence-corrected chi connectivity index (χ1v) is 6.61. The Morgan fingerprint density at radius 3 is 2.35 bits per heavy atom. The SMILES string of the molecule is NNC(Cc1ccc(Cl)cc1)Cc1ccc(F)cc1F. The van der Waals surface area contributed by atoms with Gasteiger partial charge in [-0.15, -0.1) is 0 Å². The maximum Gasteiger partial charge on any atom is 0.129 e. The molecule has 0 aromatic heterocycles. The third kappa shape index (κ3) is 4.00. The molecule has 106 valence electrons. The molecule has 0 spiro atoms. The van der Waals surface area contributed by atoms with Crippen molar-refractivity contribution in [1.29, 1.82) is 0 Å². The van der Waals surface area contributed by atoms with E-state index in [1.54, 1.807) is 12.1 Å². The molecule has 5 heteroatoms. The van der Waals surface area contributed by atoms with Gasteiger partial charge in [0.2, 0.25) is 0 Å². The number of rotatable bonds is 5. The average Bonchev–Trinajstić information content (AvgIpc) is 2.43. The molecule has 0 saturated heterocycles. The van der Waals surface area contributed by atoms with Crippen LogP contribution in [0.1, 0.15) is 11.1 Å². The summed E-state index contributed by atoms with van der Waals surface area (Å²) in [6.07, 6.45) is 1.01. The molecule has 20 heavy (non-hydrogen) atoms. The largest absolute Gasteiger partial charge is 0.271 e. The van der Waals surface area contributed by atoms with Gasteiger partial charge in [-0.3, -0.25) is 11.3 Å². The zero-order valence-corrected chi connectivity index (χ0v) is 11.5. The summed E-state index contributed by atoms with van der Waals surface area (Å²) in [4.78, 5) is 0. The Kier molecular flexibility index (Phi) is 5.06. The van der Waals surface area contributed by atoms with Gasteiger partial charge >= 0.3 is 0 Å². The van der Waals surface area contributed by atoms with E-state index in [2.05, 4.69) is 5.43 Å². The van der Waals surface area contributed by atoms with Crippen molar-refractivity contribution in [2.75, 3.05) is 0 Å². The van der Waals surface area contributed by atoms with Crippen molar-refractivity contribution in [1.82, 2.24) is 5.43 Å². The highest BCUT2D eigenvalue weighted by Gasteiger charge is 2.12. The van der Waals surface area contributed by atoms with Crippen LogP contribution in [-0.2, 0) is 12.8 Å². The summed E-state index contributed by atoms with van der Waals surface area (Å²) in [6, 6.07) is 10.8. The van der Waals surface area contributed by atoms with Gasteiger partial charge in [-0.05, 0) is 42.2 Å². The molecule has 2 rings (SSSR count). The van der Waals surface area contributed by atoms with Gasteiger partial charge in [0.25, 0.3) is 0 Å². The third-order valence-corrected chi connectivity index (χ3v) is 3.36. The summed E-state index contributed by atoms with van der Waals surface area (Å²) >= 11 is 5.82. The van der Waals surface area contributed by atoms with Gasteiger partial charge < -0.3 is 0 Å². The number of halogens is 3. The van der Waals surface area contributed by atoms with E-state index in [0.29, 0.717) is 23.4 Å². The van der Waals surface area contributed by atoms with E-state index in [4.69, 9.17) is 17.4 Å². The molecule has 3 N–H and O–H groups in total. The fourth-order valence-corrected chi connectivity index (χ4v) is 2.17.